The van der Waals surface area contributed by atoms with Gasteiger partial charge in [-0.15, -0.1) is 0 Å². The van der Waals surface area contributed by atoms with Crippen LogP contribution in [-0.4, -0.2) is 30.5 Å². The fourth-order valence-corrected chi connectivity index (χ4v) is 3.10. The molecule has 0 aliphatic rings. The summed E-state index contributed by atoms with van der Waals surface area (Å²) in [6.07, 6.45) is 0.389. The third kappa shape index (κ3) is 7.30. The number of hydrogen-bond donors (Lipinski definition) is 1. The Morgan fingerprint density at radius 2 is 1.67 bits per heavy atom. The average molecular weight is 369 g/mol. The Labute approximate surface area is 163 Å². The highest BCUT2D eigenvalue weighted by molar-refractivity contribution is 5.22. The summed E-state index contributed by atoms with van der Waals surface area (Å²) >= 11 is 0. The van der Waals surface area contributed by atoms with Gasteiger partial charge in [0, 0.05) is 12.5 Å². The molecule has 0 aliphatic carbocycles. The molecular weight excluding hydrogens is 336 g/mol. The lowest BCUT2D eigenvalue weighted by Crippen LogP contribution is -2.39. The van der Waals surface area contributed by atoms with Crippen LogP contribution in [0.1, 0.15) is 30.5 Å². The number of aliphatic hydroxyl groups excluding tert-OH is 1. The van der Waals surface area contributed by atoms with E-state index in [-0.39, 0.29) is 24.7 Å². The molecule has 0 unspecified atom stereocenters. The van der Waals surface area contributed by atoms with Crippen LogP contribution in [0.2, 0.25) is 0 Å². The van der Waals surface area contributed by atoms with Crippen molar-refractivity contribution in [3.8, 4) is 0 Å². The molecule has 27 heavy (non-hydrogen) atoms. The second-order valence-corrected chi connectivity index (χ2v) is 7.37. The van der Waals surface area contributed by atoms with E-state index in [2.05, 4.69) is 37.8 Å². The summed E-state index contributed by atoms with van der Waals surface area (Å²) in [5.41, 5.74) is 4.51. The SMILES string of the molecule is C=C(C)CO[C@H]([C@H](CO)Cc1ccc(C)cc1)[C@H](C)OCc1ccccc1. The van der Waals surface area contributed by atoms with Gasteiger partial charge in [-0.2, -0.15) is 0 Å². The van der Waals surface area contributed by atoms with Crippen LogP contribution in [0.25, 0.3) is 0 Å². The number of rotatable bonds is 11. The highest BCUT2D eigenvalue weighted by Gasteiger charge is 2.28. The first-order chi connectivity index (χ1) is 13.0. The molecule has 0 fully saturated rings. The molecule has 2 aromatic carbocycles. The lowest BCUT2D eigenvalue weighted by Gasteiger charge is -2.31. The molecule has 0 heterocycles. The van der Waals surface area contributed by atoms with E-state index in [1.54, 1.807) is 0 Å². The summed E-state index contributed by atoms with van der Waals surface area (Å²) in [6.45, 7) is 11.0. The Kier molecular flexibility index (Phi) is 8.73. The molecule has 3 heteroatoms. The normalized spacial score (nSPS) is 14.5. The van der Waals surface area contributed by atoms with Gasteiger partial charge in [0.05, 0.1) is 25.4 Å². The summed E-state index contributed by atoms with van der Waals surface area (Å²) < 4.78 is 12.2. The molecule has 0 bridgehead atoms. The fourth-order valence-electron chi connectivity index (χ4n) is 3.10. The van der Waals surface area contributed by atoms with Crippen molar-refractivity contribution >= 4 is 0 Å². The van der Waals surface area contributed by atoms with Crippen molar-refractivity contribution in [1.82, 2.24) is 0 Å². The monoisotopic (exact) mass is 368 g/mol. The first-order valence-corrected chi connectivity index (χ1v) is 9.57. The van der Waals surface area contributed by atoms with Gasteiger partial charge in [-0.25, -0.2) is 0 Å². The van der Waals surface area contributed by atoms with E-state index < -0.39 is 0 Å². The summed E-state index contributed by atoms with van der Waals surface area (Å²) in [6, 6.07) is 18.5. The minimum absolute atomic E-state index is 0.0437. The van der Waals surface area contributed by atoms with E-state index in [4.69, 9.17) is 9.47 Å². The van der Waals surface area contributed by atoms with Crippen LogP contribution in [0.4, 0.5) is 0 Å². The first-order valence-electron chi connectivity index (χ1n) is 9.57. The van der Waals surface area contributed by atoms with E-state index in [1.807, 2.05) is 44.2 Å². The van der Waals surface area contributed by atoms with Crippen LogP contribution in [-0.2, 0) is 22.5 Å². The third-order valence-corrected chi connectivity index (χ3v) is 4.66. The van der Waals surface area contributed by atoms with Crippen molar-refractivity contribution in [2.24, 2.45) is 5.92 Å². The van der Waals surface area contributed by atoms with Crippen LogP contribution in [0.15, 0.2) is 66.7 Å². The Hall–Kier alpha value is -1.94. The maximum absolute atomic E-state index is 10.1. The van der Waals surface area contributed by atoms with Crippen LogP contribution in [0, 0.1) is 12.8 Å². The van der Waals surface area contributed by atoms with Crippen LogP contribution in [0.5, 0.6) is 0 Å². The Bertz CT molecular complexity index is 679. The van der Waals surface area contributed by atoms with Crippen molar-refractivity contribution in [3.63, 3.8) is 0 Å². The minimum atomic E-state index is -0.211. The van der Waals surface area contributed by atoms with E-state index in [1.165, 1.54) is 11.1 Å². The molecule has 146 valence electrons. The largest absolute Gasteiger partial charge is 0.396 e. The smallest absolute Gasteiger partial charge is 0.0891 e. The van der Waals surface area contributed by atoms with E-state index in [0.29, 0.717) is 13.2 Å². The number of aryl methyl sites for hydroxylation is 1. The molecular formula is C24H32O3. The molecule has 1 N–H and O–H groups in total. The third-order valence-electron chi connectivity index (χ3n) is 4.66. The van der Waals surface area contributed by atoms with Gasteiger partial charge in [0.15, 0.2) is 0 Å². The van der Waals surface area contributed by atoms with Crippen molar-refractivity contribution in [2.45, 2.75) is 46.0 Å². The van der Waals surface area contributed by atoms with Gasteiger partial charge in [-0.1, -0.05) is 72.3 Å². The average Bonchev–Trinajstić information content (AvgIpc) is 2.67. The minimum Gasteiger partial charge on any atom is -0.396 e. The maximum Gasteiger partial charge on any atom is 0.0891 e. The molecule has 0 saturated carbocycles. The Morgan fingerprint density at radius 1 is 1.00 bits per heavy atom. The summed E-state index contributed by atoms with van der Waals surface area (Å²) in [7, 11) is 0. The molecule has 2 rings (SSSR count). The van der Waals surface area contributed by atoms with Crippen molar-refractivity contribution in [1.29, 1.82) is 0 Å². The molecule has 0 radical (unpaired) electrons. The van der Waals surface area contributed by atoms with Crippen molar-refractivity contribution in [2.75, 3.05) is 13.2 Å². The second-order valence-electron chi connectivity index (χ2n) is 7.37. The fraction of sp³-hybridized carbons (Fsp3) is 0.417. The Morgan fingerprint density at radius 3 is 2.26 bits per heavy atom. The van der Waals surface area contributed by atoms with Gasteiger partial charge < -0.3 is 14.6 Å². The van der Waals surface area contributed by atoms with Crippen LogP contribution >= 0.6 is 0 Å². The molecule has 2 aromatic rings. The quantitative estimate of drug-likeness (QED) is 0.584. The second kappa shape index (κ2) is 11.0. The predicted molar refractivity (Wildman–Crippen MR) is 111 cm³/mol. The zero-order valence-corrected chi connectivity index (χ0v) is 16.7. The highest BCUT2D eigenvalue weighted by Crippen LogP contribution is 2.21. The van der Waals surface area contributed by atoms with Gasteiger partial charge in [0.2, 0.25) is 0 Å². The van der Waals surface area contributed by atoms with Crippen LogP contribution in [0.3, 0.4) is 0 Å². The molecule has 0 amide bonds. The highest BCUT2D eigenvalue weighted by atomic mass is 16.5. The van der Waals surface area contributed by atoms with Gasteiger partial charge >= 0.3 is 0 Å². The molecule has 3 nitrogen and oxygen atoms in total. The number of aliphatic hydroxyl groups is 1. The lowest BCUT2D eigenvalue weighted by molar-refractivity contribution is -0.0981. The standard InChI is InChI=1S/C24H32O3/c1-18(2)16-27-24(20(4)26-17-22-8-6-5-7-9-22)23(15-25)14-21-12-10-19(3)11-13-21/h5-13,20,23-25H,1,14-17H2,2-4H3/t20-,23-,24-/m0/s1. The number of hydrogen-bond acceptors (Lipinski definition) is 3. The summed E-state index contributed by atoms with van der Waals surface area (Å²) in [5, 5.41) is 10.1. The summed E-state index contributed by atoms with van der Waals surface area (Å²) in [4.78, 5) is 0. The molecule has 0 aromatic heterocycles. The van der Waals surface area contributed by atoms with E-state index in [0.717, 1.165) is 17.6 Å². The molecule has 0 spiro atoms. The van der Waals surface area contributed by atoms with Crippen molar-refractivity contribution in [3.05, 3.63) is 83.4 Å². The number of benzene rings is 2. The van der Waals surface area contributed by atoms with Gasteiger partial charge in [-0.05, 0) is 38.3 Å². The van der Waals surface area contributed by atoms with Crippen LogP contribution < -0.4 is 0 Å². The van der Waals surface area contributed by atoms with E-state index in [9.17, 15) is 5.11 Å². The summed E-state index contributed by atoms with van der Waals surface area (Å²) in [5.74, 6) is -0.0437. The van der Waals surface area contributed by atoms with Gasteiger partial charge in [-0.3, -0.25) is 0 Å². The maximum atomic E-state index is 10.1. The molecule has 0 saturated heterocycles. The van der Waals surface area contributed by atoms with Gasteiger partial charge in [0.1, 0.15) is 0 Å². The predicted octanol–water partition coefficient (Wildman–Crippen LogP) is 4.71. The lowest BCUT2D eigenvalue weighted by atomic mass is 9.91. The van der Waals surface area contributed by atoms with Gasteiger partial charge in [0.25, 0.3) is 0 Å². The van der Waals surface area contributed by atoms with E-state index >= 15 is 0 Å². The topological polar surface area (TPSA) is 38.7 Å². The molecule has 0 aliphatic heterocycles. The molecule has 3 atom stereocenters. The van der Waals surface area contributed by atoms with Crippen molar-refractivity contribution < 1.29 is 14.6 Å². The Balaban J connectivity index is 2.06. The zero-order valence-electron chi connectivity index (χ0n) is 16.7. The first kappa shape index (κ1) is 21.4. The zero-order chi connectivity index (χ0) is 19.6. The number of ether oxygens (including phenoxy) is 2.